The third-order valence-electron chi connectivity index (χ3n) is 3.74. The molecule has 1 aliphatic carbocycles. The van der Waals surface area contributed by atoms with Gasteiger partial charge in [-0.15, -0.1) is 0 Å². The van der Waals surface area contributed by atoms with Gasteiger partial charge in [-0.1, -0.05) is 19.3 Å². The number of rotatable bonds is 2. The average molecular weight is 274 g/mol. The Kier molecular flexibility index (Phi) is 4.48. The van der Waals surface area contributed by atoms with Crippen LogP contribution in [0.3, 0.4) is 0 Å². The summed E-state index contributed by atoms with van der Waals surface area (Å²) in [7, 11) is -2.95. The van der Waals surface area contributed by atoms with E-state index >= 15 is 0 Å². The first-order valence-corrected chi connectivity index (χ1v) is 8.65. The summed E-state index contributed by atoms with van der Waals surface area (Å²) >= 11 is 0. The summed E-state index contributed by atoms with van der Waals surface area (Å²) in [6, 6.07) is -0.157. The van der Waals surface area contributed by atoms with Crippen molar-refractivity contribution in [1.29, 1.82) is 0 Å². The molecule has 2 aliphatic rings. The van der Waals surface area contributed by atoms with E-state index in [1.54, 1.807) is 0 Å². The third kappa shape index (κ3) is 4.15. The Morgan fingerprint density at radius 2 is 1.50 bits per heavy atom. The first-order chi connectivity index (χ1) is 8.55. The fourth-order valence-electron chi connectivity index (χ4n) is 2.80. The van der Waals surface area contributed by atoms with Gasteiger partial charge < -0.3 is 10.6 Å². The van der Waals surface area contributed by atoms with E-state index < -0.39 is 9.84 Å². The first kappa shape index (κ1) is 13.6. The molecule has 0 radical (unpaired) electrons. The van der Waals surface area contributed by atoms with E-state index in [0.717, 1.165) is 19.3 Å². The van der Waals surface area contributed by atoms with Crippen LogP contribution in [0.15, 0.2) is 0 Å². The van der Waals surface area contributed by atoms with Crippen molar-refractivity contribution in [3.05, 3.63) is 0 Å². The number of carbonyl (C=O) groups excluding carboxylic acids is 1. The largest absolute Gasteiger partial charge is 0.335 e. The Hall–Kier alpha value is -0.780. The zero-order chi connectivity index (χ0) is 13.0. The maximum atomic E-state index is 11.8. The van der Waals surface area contributed by atoms with Crippen LogP contribution < -0.4 is 10.6 Å². The highest BCUT2D eigenvalue weighted by Gasteiger charge is 2.26. The molecule has 2 fully saturated rings. The standard InChI is InChI=1S/C12H22N2O3S/c15-12(13-10-5-2-1-3-6-10)14-11-7-4-8-18(16,17)9-11/h10-11H,1-9H2,(H2,13,14,15)/t11-/m0/s1. The molecule has 1 saturated carbocycles. The molecule has 2 rings (SSSR count). The molecule has 1 heterocycles. The average Bonchev–Trinajstić information content (AvgIpc) is 2.28. The van der Waals surface area contributed by atoms with Crippen molar-refractivity contribution in [2.75, 3.05) is 11.5 Å². The molecule has 0 aromatic rings. The fraction of sp³-hybridized carbons (Fsp3) is 0.917. The highest BCUT2D eigenvalue weighted by atomic mass is 32.2. The van der Waals surface area contributed by atoms with Crippen LogP contribution in [0.2, 0.25) is 0 Å². The van der Waals surface area contributed by atoms with Gasteiger partial charge in [0.05, 0.1) is 11.5 Å². The summed E-state index contributed by atoms with van der Waals surface area (Å²) in [4.78, 5) is 11.8. The SMILES string of the molecule is O=C(NC1CCCCC1)N[C@H]1CCCS(=O)(=O)C1. The van der Waals surface area contributed by atoms with E-state index in [-0.39, 0.29) is 29.6 Å². The van der Waals surface area contributed by atoms with E-state index in [1.165, 1.54) is 19.3 Å². The lowest BCUT2D eigenvalue weighted by Gasteiger charge is -2.26. The molecule has 1 atom stereocenters. The molecule has 1 aliphatic heterocycles. The molecule has 0 aromatic heterocycles. The lowest BCUT2D eigenvalue weighted by Crippen LogP contribution is -2.50. The minimum absolute atomic E-state index is 0.0884. The van der Waals surface area contributed by atoms with Crippen LogP contribution in [-0.4, -0.2) is 38.0 Å². The second-order valence-electron chi connectivity index (χ2n) is 5.41. The van der Waals surface area contributed by atoms with Gasteiger partial charge in [0, 0.05) is 12.1 Å². The molecule has 5 nitrogen and oxygen atoms in total. The molecule has 2 amide bonds. The highest BCUT2D eigenvalue weighted by Crippen LogP contribution is 2.17. The maximum Gasteiger partial charge on any atom is 0.315 e. The van der Waals surface area contributed by atoms with Crippen LogP contribution in [0, 0.1) is 0 Å². The molecular weight excluding hydrogens is 252 g/mol. The summed E-state index contributed by atoms with van der Waals surface area (Å²) in [5.74, 6) is 0.348. The van der Waals surface area contributed by atoms with Crippen LogP contribution in [-0.2, 0) is 9.84 Å². The number of urea groups is 1. The van der Waals surface area contributed by atoms with Gasteiger partial charge in [-0.25, -0.2) is 13.2 Å². The fourth-order valence-corrected chi connectivity index (χ4v) is 4.43. The summed E-state index contributed by atoms with van der Waals surface area (Å²) in [6.07, 6.45) is 7.08. The summed E-state index contributed by atoms with van der Waals surface area (Å²) in [5, 5.41) is 5.74. The van der Waals surface area contributed by atoms with Gasteiger partial charge in [0.1, 0.15) is 0 Å². The van der Waals surface area contributed by atoms with Gasteiger partial charge in [-0.2, -0.15) is 0 Å². The zero-order valence-corrected chi connectivity index (χ0v) is 11.5. The number of hydrogen-bond donors (Lipinski definition) is 2. The molecule has 0 aromatic carbocycles. The van der Waals surface area contributed by atoms with Crippen LogP contribution in [0.4, 0.5) is 4.79 Å². The summed E-state index contributed by atoms with van der Waals surface area (Å²) in [6.45, 7) is 0. The van der Waals surface area contributed by atoms with Crippen molar-refractivity contribution >= 4 is 15.9 Å². The van der Waals surface area contributed by atoms with Crippen molar-refractivity contribution < 1.29 is 13.2 Å². The Labute approximate surface area is 109 Å². The predicted octanol–water partition coefficient (Wildman–Crippen LogP) is 1.20. The van der Waals surface area contributed by atoms with Crippen LogP contribution in [0.1, 0.15) is 44.9 Å². The van der Waals surface area contributed by atoms with Crippen molar-refractivity contribution in [1.82, 2.24) is 10.6 Å². The van der Waals surface area contributed by atoms with Gasteiger partial charge in [0.25, 0.3) is 0 Å². The lowest BCUT2D eigenvalue weighted by molar-refractivity contribution is 0.229. The molecule has 1 saturated heterocycles. The van der Waals surface area contributed by atoms with Crippen molar-refractivity contribution in [3.8, 4) is 0 Å². The second kappa shape index (κ2) is 5.91. The maximum absolute atomic E-state index is 11.8. The van der Waals surface area contributed by atoms with Crippen molar-refractivity contribution in [3.63, 3.8) is 0 Å². The van der Waals surface area contributed by atoms with Crippen LogP contribution >= 0.6 is 0 Å². The summed E-state index contributed by atoms with van der Waals surface area (Å²) < 4.78 is 22.9. The molecule has 2 N–H and O–H groups in total. The minimum Gasteiger partial charge on any atom is -0.335 e. The Bertz CT molecular complexity index is 388. The summed E-state index contributed by atoms with van der Waals surface area (Å²) in [5.41, 5.74) is 0. The number of carbonyl (C=O) groups is 1. The van der Waals surface area contributed by atoms with Gasteiger partial charge in [-0.3, -0.25) is 0 Å². The van der Waals surface area contributed by atoms with E-state index in [1.807, 2.05) is 0 Å². The first-order valence-electron chi connectivity index (χ1n) is 6.83. The number of nitrogens with one attached hydrogen (secondary N) is 2. The van der Waals surface area contributed by atoms with Crippen molar-refractivity contribution in [2.45, 2.75) is 57.0 Å². The van der Waals surface area contributed by atoms with Crippen LogP contribution in [0.25, 0.3) is 0 Å². The molecule has 6 heteroatoms. The van der Waals surface area contributed by atoms with Gasteiger partial charge >= 0.3 is 6.03 Å². The third-order valence-corrected chi connectivity index (χ3v) is 5.56. The van der Waals surface area contributed by atoms with Gasteiger partial charge in [0.2, 0.25) is 0 Å². The second-order valence-corrected chi connectivity index (χ2v) is 7.63. The predicted molar refractivity (Wildman–Crippen MR) is 70.2 cm³/mol. The molecule has 104 valence electrons. The molecule has 0 unspecified atom stereocenters. The van der Waals surface area contributed by atoms with Gasteiger partial charge in [0.15, 0.2) is 9.84 Å². The number of sulfone groups is 1. The van der Waals surface area contributed by atoms with Crippen LogP contribution in [0.5, 0.6) is 0 Å². The molecule has 0 spiro atoms. The number of amides is 2. The molecular formula is C12H22N2O3S. The van der Waals surface area contributed by atoms with Crippen molar-refractivity contribution in [2.24, 2.45) is 0 Å². The topological polar surface area (TPSA) is 75.3 Å². The Morgan fingerprint density at radius 1 is 0.889 bits per heavy atom. The van der Waals surface area contributed by atoms with E-state index in [0.29, 0.717) is 6.42 Å². The smallest absolute Gasteiger partial charge is 0.315 e. The lowest BCUT2D eigenvalue weighted by atomic mass is 9.96. The quantitative estimate of drug-likeness (QED) is 0.794. The normalized spacial score (nSPS) is 28.6. The Balaban J connectivity index is 1.76. The van der Waals surface area contributed by atoms with E-state index in [9.17, 15) is 13.2 Å². The van der Waals surface area contributed by atoms with E-state index in [4.69, 9.17) is 0 Å². The molecule has 0 bridgehead atoms. The van der Waals surface area contributed by atoms with Gasteiger partial charge in [-0.05, 0) is 25.7 Å². The Morgan fingerprint density at radius 3 is 2.17 bits per heavy atom. The zero-order valence-electron chi connectivity index (χ0n) is 10.7. The molecule has 18 heavy (non-hydrogen) atoms. The van der Waals surface area contributed by atoms with E-state index in [2.05, 4.69) is 10.6 Å². The highest BCUT2D eigenvalue weighted by molar-refractivity contribution is 7.91. The number of hydrogen-bond acceptors (Lipinski definition) is 3. The minimum atomic E-state index is -2.95. The monoisotopic (exact) mass is 274 g/mol.